The van der Waals surface area contributed by atoms with Crippen LogP contribution in [0.3, 0.4) is 0 Å². The van der Waals surface area contributed by atoms with Crippen LogP contribution in [0.25, 0.3) is 0 Å². The molecule has 0 fully saturated rings. The highest BCUT2D eigenvalue weighted by atomic mass is 28.4. The molecule has 0 saturated carbocycles. The molecule has 0 N–H and O–H groups in total. The lowest BCUT2D eigenvalue weighted by atomic mass is 10.00. The quantitative estimate of drug-likeness (QED) is 0.0425. The molecule has 0 amide bonds. The molecule has 0 spiro atoms. The Labute approximate surface area is 248 Å². The molecule has 0 rings (SSSR count). The third-order valence-electron chi connectivity index (χ3n) is 7.14. The van der Waals surface area contributed by atoms with Crippen LogP contribution < -0.4 is 0 Å². The van der Waals surface area contributed by atoms with Crippen LogP contribution in [0.1, 0.15) is 105 Å². The number of rotatable bonds is 28. The van der Waals surface area contributed by atoms with Crippen molar-refractivity contribution in [1.29, 1.82) is 0 Å². The number of carbonyl (C=O) groups excluding carboxylic acids is 4. The van der Waals surface area contributed by atoms with Gasteiger partial charge in [0.15, 0.2) is 0 Å². The van der Waals surface area contributed by atoms with E-state index in [9.17, 15) is 19.2 Å². The van der Waals surface area contributed by atoms with Gasteiger partial charge in [0.2, 0.25) is 0 Å². The molecule has 4 atom stereocenters. The van der Waals surface area contributed by atoms with Crippen molar-refractivity contribution >= 4 is 34.2 Å². The van der Waals surface area contributed by atoms with Crippen LogP contribution in [0.15, 0.2) is 50.6 Å². The Bertz CT molecular complexity index is 734. The zero-order chi connectivity index (χ0) is 31.5. The summed E-state index contributed by atoms with van der Waals surface area (Å²) in [5.74, 6) is 0. The molecule has 9 heteroatoms. The highest BCUT2D eigenvalue weighted by molar-refractivity contribution is 6.54. The Hall–Kier alpha value is -2.30. The first-order valence-electron chi connectivity index (χ1n) is 14.4. The molecular weight excluding hydrogens is 540 g/mol. The Kier molecular flexibility index (Phi) is 17.9. The van der Waals surface area contributed by atoms with Gasteiger partial charge in [-0.2, -0.15) is 0 Å². The highest BCUT2D eigenvalue weighted by Gasteiger charge is 2.59. The van der Waals surface area contributed by atoms with Crippen LogP contribution in [0.4, 0.5) is 0 Å². The molecule has 0 aromatic rings. The zero-order valence-corrected chi connectivity index (χ0v) is 26.7. The minimum atomic E-state index is -4.30. The topological polar surface area (TPSA) is 105 Å². The molecular formula is C32H52O8Si. The van der Waals surface area contributed by atoms with Crippen molar-refractivity contribution in [3.8, 4) is 0 Å². The average Bonchev–Trinajstić information content (AvgIpc) is 2.93. The number of carbonyl (C=O) groups is 4. The van der Waals surface area contributed by atoms with Crippen LogP contribution in [-0.2, 0) is 36.9 Å². The van der Waals surface area contributed by atoms with Crippen LogP contribution >= 0.6 is 0 Å². The van der Waals surface area contributed by atoms with E-state index in [1.165, 1.54) is 0 Å². The minimum Gasteiger partial charge on any atom is -0.342 e. The van der Waals surface area contributed by atoms with E-state index in [0.29, 0.717) is 77.0 Å². The van der Waals surface area contributed by atoms with E-state index >= 15 is 0 Å². The van der Waals surface area contributed by atoms with E-state index in [4.69, 9.17) is 17.7 Å². The number of aldehydes is 4. The maximum atomic E-state index is 11.1. The van der Waals surface area contributed by atoms with Crippen molar-refractivity contribution in [2.75, 3.05) is 0 Å². The molecule has 0 aliphatic rings. The van der Waals surface area contributed by atoms with Gasteiger partial charge in [-0.15, -0.1) is 26.3 Å². The molecule has 0 radical (unpaired) electrons. The second-order valence-electron chi connectivity index (χ2n) is 11.2. The van der Waals surface area contributed by atoms with Crippen molar-refractivity contribution in [1.82, 2.24) is 0 Å². The Morgan fingerprint density at radius 2 is 0.659 bits per heavy atom. The van der Waals surface area contributed by atoms with Crippen LogP contribution in [-0.4, -0.2) is 56.6 Å². The lowest BCUT2D eigenvalue weighted by molar-refractivity contribution is -0.153. The maximum absolute atomic E-state index is 11.1. The summed E-state index contributed by atoms with van der Waals surface area (Å²) < 4.78 is 27.3. The van der Waals surface area contributed by atoms with Crippen molar-refractivity contribution in [3.63, 3.8) is 0 Å². The van der Waals surface area contributed by atoms with Crippen LogP contribution in [0.2, 0.25) is 0 Å². The Balaban J connectivity index is 7.11. The van der Waals surface area contributed by atoms with E-state index in [-0.39, 0.29) is 0 Å². The summed E-state index contributed by atoms with van der Waals surface area (Å²) in [6.07, 6.45) is 15.2. The standard InChI is InChI=1S/C32H52O8Si/c1-9-29(5,21-13-17-25-33)37-41(38-30(6,10-2)22-14-18-26-34,39-31(7,11-3)23-15-19-27-35)40-32(8,12-4)24-16-20-28-36/h9-12,25-28H,1-4,13-24H2,5-8H3. The normalized spacial score (nSPS) is 18.6. The predicted octanol–water partition coefficient (Wildman–Crippen LogP) is 6.74. The molecule has 8 nitrogen and oxygen atoms in total. The molecule has 0 aromatic heterocycles. The van der Waals surface area contributed by atoms with Crippen LogP contribution in [0, 0.1) is 0 Å². The van der Waals surface area contributed by atoms with Gasteiger partial charge in [0, 0.05) is 25.7 Å². The first kappa shape index (κ1) is 38.7. The number of unbranched alkanes of at least 4 members (excludes halogenated alkanes) is 4. The van der Waals surface area contributed by atoms with Gasteiger partial charge in [0.1, 0.15) is 25.1 Å². The van der Waals surface area contributed by atoms with E-state index in [0.717, 1.165) is 25.1 Å². The molecule has 41 heavy (non-hydrogen) atoms. The van der Waals surface area contributed by atoms with E-state index in [1.54, 1.807) is 24.3 Å². The lowest BCUT2D eigenvalue weighted by Crippen LogP contribution is -2.63. The first-order chi connectivity index (χ1) is 19.3. The molecule has 0 heterocycles. The summed E-state index contributed by atoms with van der Waals surface area (Å²) in [6, 6.07) is 0. The fraction of sp³-hybridized carbons (Fsp3) is 0.625. The molecule has 0 bridgehead atoms. The zero-order valence-electron chi connectivity index (χ0n) is 25.7. The number of hydrogen-bond acceptors (Lipinski definition) is 8. The van der Waals surface area contributed by atoms with Crippen molar-refractivity contribution in [3.05, 3.63) is 50.6 Å². The van der Waals surface area contributed by atoms with E-state index in [1.807, 2.05) is 27.7 Å². The SMILES string of the molecule is C=CC(C)(CCCC=O)O[Si](OC(C)(C=C)CCCC=O)(OC(C)(C=C)CCCC=O)OC(C)(C=C)CCCC=O. The van der Waals surface area contributed by atoms with Gasteiger partial charge in [-0.3, -0.25) is 0 Å². The van der Waals surface area contributed by atoms with Crippen LogP contribution in [0.5, 0.6) is 0 Å². The van der Waals surface area contributed by atoms with Crippen molar-refractivity contribution < 1.29 is 36.9 Å². The minimum absolute atomic E-state index is 0.339. The smallest absolute Gasteiger partial charge is 0.342 e. The first-order valence-corrected chi connectivity index (χ1v) is 16.0. The van der Waals surface area contributed by atoms with Gasteiger partial charge in [-0.1, -0.05) is 24.3 Å². The molecule has 232 valence electrons. The van der Waals surface area contributed by atoms with Gasteiger partial charge in [-0.25, -0.2) is 0 Å². The van der Waals surface area contributed by atoms with Gasteiger partial charge in [0.25, 0.3) is 0 Å². The second-order valence-corrected chi connectivity index (χ2v) is 13.0. The predicted molar refractivity (Wildman–Crippen MR) is 164 cm³/mol. The maximum Gasteiger partial charge on any atom is 0.682 e. The van der Waals surface area contributed by atoms with E-state index < -0.39 is 31.5 Å². The lowest BCUT2D eigenvalue weighted by Gasteiger charge is -2.47. The molecule has 4 unspecified atom stereocenters. The summed E-state index contributed by atoms with van der Waals surface area (Å²) in [7, 11) is -4.30. The third-order valence-corrected chi connectivity index (χ3v) is 10.0. The summed E-state index contributed by atoms with van der Waals surface area (Å²) in [5.41, 5.74) is -4.07. The third kappa shape index (κ3) is 14.4. The van der Waals surface area contributed by atoms with Gasteiger partial charge in [-0.05, 0) is 79.1 Å². The Morgan fingerprint density at radius 3 is 0.805 bits per heavy atom. The highest BCUT2D eigenvalue weighted by Crippen LogP contribution is 2.39. The number of hydrogen-bond donors (Lipinski definition) is 0. The fourth-order valence-corrected chi connectivity index (χ4v) is 7.47. The fourth-order valence-electron chi connectivity index (χ4n) is 4.19. The van der Waals surface area contributed by atoms with Crippen molar-refractivity contribution in [2.24, 2.45) is 0 Å². The summed E-state index contributed by atoms with van der Waals surface area (Å²) in [5, 5.41) is 0. The van der Waals surface area contributed by atoms with Crippen molar-refractivity contribution in [2.45, 2.75) is 127 Å². The second kappa shape index (κ2) is 19.0. The monoisotopic (exact) mass is 592 g/mol. The molecule has 0 saturated heterocycles. The summed E-state index contributed by atoms with van der Waals surface area (Å²) >= 11 is 0. The molecule has 0 aliphatic heterocycles. The molecule has 0 aromatic carbocycles. The molecule has 0 aliphatic carbocycles. The summed E-state index contributed by atoms with van der Waals surface area (Å²) in [4.78, 5) is 44.3. The Morgan fingerprint density at radius 1 is 0.463 bits per heavy atom. The van der Waals surface area contributed by atoms with Gasteiger partial charge in [0.05, 0.1) is 22.4 Å². The van der Waals surface area contributed by atoms with Gasteiger partial charge < -0.3 is 36.9 Å². The van der Waals surface area contributed by atoms with E-state index in [2.05, 4.69) is 26.3 Å². The van der Waals surface area contributed by atoms with Gasteiger partial charge >= 0.3 is 9.05 Å². The summed E-state index contributed by atoms with van der Waals surface area (Å²) in [6.45, 7) is 23.3. The average molecular weight is 593 g/mol. The largest absolute Gasteiger partial charge is 0.682 e.